The fraction of sp³-hybridized carbons (Fsp3) is 0.0556. The number of sulfonamides is 1. The van der Waals surface area contributed by atoms with E-state index in [9.17, 15) is 13.2 Å². The van der Waals surface area contributed by atoms with E-state index in [2.05, 4.69) is 0 Å². The van der Waals surface area contributed by atoms with Gasteiger partial charge in [-0.25, -0.2) is 8.42 Å². The lowest BCUT2D eigenvalue weighted by Crippen LogP contribution is -2.29. The van der Waals surface area contributed by atoms with Gasteiger partial charge in [-0.1, -0.05) is 48.5 Å². The van der Waals surface area contributed by atoms with Gasteiger partial charge in [-0.05, 0) is 40.1 Å². The second-order valence-corrected chi connectivity index (χ2v) is 7.07. The van der Waals surface area contributed by atoms with Crippen LogP contribution in [0, 0.1) is 0 Å². The zero-order valence-corrected chi connectivity index (χ0v) is 13.5. The summed E-state index contributed by atoms with van der Waals surface area (Å²) in [6, 6.07) is 20.4. The van der Waals surface area contributed by atoms with E-state index in [4.69, 9.17) is 5.11 Å². The van der Waals surface area contributed by atoms with E-state index in [1.165, 1.54) is 12.1 Å². The van der Waals surface area contributed by atoms with Crippen LogP contribution >= 0.6 is 0 Å². The van der Waals surface area contributed by atoms with Crippen LogP contribution in [0.25, 0.3) is 21.9 Å². The second-order valence-electron chi connectivity index (χ2n) is 5.30. The van der Waals surface area contributed by atoms with Crippen LogP contribution in [0.4, 0.5) is 0 Å². The number of carbonyl (C=O) groups is 1. The normalized spacial score (nSPS) is 11.5. The van der Waals surface area contributed by atoms with Crippen LogP contribution in [0.1, 0.15) is 0 Å². The van der Waals surface area contributed by atoms with Gasteiger partial charge in [0.05, 0.1) is 4.90 Å². The zero-order valence-electron chi connectivity index (χ0n) is 12.6. The molecule has 0 fully saturated rings. The van der Waals surface area contributed by atoms with Gasteiger partial charge in [0.2, 0.25) is 10.0 Å². The summed E-state index contributed by atoms with van der Waals surface area (Å²) in [6.07, 6.45) is 0. The molecule has 0 aromatic heterocycles. The maximum atomic E-state index is 12.0. The summed E-state index contributed by atoms with van der Waals surface area (Å²) in [7, 11) is -3.82. The van der Waals surface area contributed by atoms with Crippen LogP contribution in [0.3, 0.4) is 0 Å². The molecule has 0 unspecified atom stereocenters. The van der Waals surface area contributed by atoms with Crippen molar-refractivity contribution in [1.29, 1.82) is 0 Å². The number of hydrogen-bond acceptors (Lipinski definition) is 3. The van der Waals surface area contributed by atoms with Gasteiger partial charge in [0, 0.05) is 0 Å². The van der Waals surface area contributed by atoms with Gasteiger partial charge in [0.1, 0.15) is 6.54 Å². The van der Waals surface area contributed by atoms with Crippen molar-refractivity contribution in [2.75, 3.05) is 6.54 Å². The fourth-order valence-electron chi connectivity index (χ4n) is 2.44. The number of fused-ring (bicyclic) bond motifs is 1. The van der Waals surface area contributed by atoms with Gasteiger partial charge in [0.25, 0.3) is 0 Å². The third-order valence-corrected chi connectivity index (χ3v) is 5.08. The molecule has 0 spiro atoms. The number of carboxylic acid groups (broad SMARTS) is 1. The summed E-state index contributed by atoms with van der Waals surface area (Å²) in [4.78, 5) is 10.5. The third kappa shape index (κ3) is 3.45. The van der Waals surface area contributed by atoms with Gasteiger partial charge in [0.15, 0.2) is 0 Å². The molecule has 0 radical (unpaired) electrons. The number of rotatable bonds is 5. The Labute approximate surface area is 139 Å². The molecule has 0 amide bonds. The highest BCUT2D eigenvalue weighted by Gasteiger charge is 2.15. The fourth-order valence-corrected chi connectivity index (χ4v) is 3.41. The van der Waals surface area contributed by atoms with Crippen molar-refractivity contribution in [2.45, 2.75) is 4.90 Å². The lowest BCUT2D eigenvalue weighted by molar-refractivity contribution is -0.135. The van der Waals surface area contributed by atoms with E-state index in [0.29, 0.717) is 0 Å². The van der Waals surface area contributed by atoms with Crippen LogP contribution < -0.4 is 4.72 Å². The van der Waals surface area contributed by atoms with Gasteiger partial charge < -0.3 is 5.11 Å². The monoisotopic (exact) mass is 341 g/mol. The van der Waals surface area contributed by atoms with E-state index in [0.717, 1.165) is 21.9 Å². The number of hydrogen-bond donors (Lipinski definition) is 2. The standard InChI is InChI=1S/C18H15NO4S/c20-18(21)12-19-24(22,23)17-9-7-14(8-10-17)16-6-5-13-3-1-2-4-15(13)11-16/h1-11,19H,12H2,(H,20,21). The Balaban J connectivity index is 1.89. The van der Waals surface area contributed by atoms with E-state index in [1.807, 2.05) is 47.2 Å². The van der Waals surface area contributed by atoms with Gasteiger partial charge in [-0.2, -0.15) is 4.72 Å². The summed E-state index contributed by atoms with van der Waals surface area (Å²) < 4.78 is 26.0. The molecule has 3 rings (SSSR count). The summed E-state index contributed by atoms with van der Waals surface area (Å²) >= 11 is 0. The van der Waals surface area contributed by atoms with Crippen molar-refractivity contribution >= 4 is 26.8 Å². The van der Waals surface area contributed by atoms with Gasteiger partial charge in [-0.3, -0.25) is 4.79 Å². The topological polar surface area (TPSA) is 83.5 Å². The summed E-state index contributed by atoms with van der Waals surface area (Å²) in [5.74, 6) is -1.23. The predicted octanol–water partition coefficient (Wildman–Crippen LogP) is 2.87. The maximum absolute atomic E-state index is 12.0. The molecule has 3 aromatic carbocycles. The summed E-state index contributed by atoms with van der Waals surface area (Å²) in [5, 5.41) is 10.8. The van der Waals surface area contributed by atoms with Crippen molar-refractivity contribution < 1.29 is 18.3 Å². The largest absolute Gasteiger partial charge is 0.480 e. The molecule has 0 heterocycles. The molecule has 5 nitrogen and oxygen atoms in total. The lowest BCUT2D eigenvalue weighted by atomic mass is 10.0. The predicted molar refractivity (Wildman–Crippen MR) is 92.2 cm³/mol. The Kier molecular flexibility index (Phi) is 4.33. The number of nitrogens with one attached hydrogen (secondary N) is 1. The first-order chi connectivity index (χ1) is 11.5. The lowest BCUT2D eigenvalue weighted by Gasteiger charge is -2.07. The summed E-state index contributed by atoms with van der Waals surface area (Å²) in [6.45, 7) is -0.644. The first-order valence-corrected chi connectivity index (χ1v) is 8.75. The molecule has 0 saturated heterocycles. The second kappa shape index (κ2) is 6.43. The highest BCUT2D eigenvalue weighted by atomic mass is 32.2. The Hall–Kier alpha value is -2.70. The van der Waals surface area contributed by atoms with Crippen LogP contribution in [0.15, 0.2) is 71.6 Å². The average Bonchev–Trinajstić information content (AvgIpc) is 2.60. The van der Waals surface area contributed by atoms with Crippen LogP contribution in [-0.4, -0.2) is 26.0 Å². The quantitative estimate of drug-likeness (QED) is 0.747. The van der Waals surface area contributed by atoms with E-state index in [-0.39, 0.29) is 4.90 Å². The molecule has 0 aliphatic rings. The molecule has 2 N–H and O–H groups in total. The first-order valence-electron chi connectivity index (χ1n) is 7.26. The van der Waals surface area contributed by atoms with E-state index < -0.39 is 22.5 Å². The van der Waals surface area contributed by atoms with E-state index in [1.54, 1.807) is 12.1 Å². The highest BCUT2D eigenvalue weighted by Crippen LogP contribution is 2.25. The molecular formula is C18H15NO4S. The Morgan fingerprint density at radius 1 is 0.875 bits per heavy atom. The third-order valence-electron chi connectivity index (χ3n) is 3.66. The molecule has 3 aromatic rings. The molecule has 6 heteroatoms. The van der Waals surface area contributed by atoms with Crippen LogP contribution in [0.5, 0.6) is 0 Å². The molecule has 0 aliphatic carbocycles. The molecule has 24 heavy (non-hydrogen) atoms. The average molecular weight is 341 g/mol. The Morgan fingerprint density at radius 2 is 1.50 bits per heavy atom. The minimum Gasteiger partial charge on any atom is -0.480 e. The Morgan fingerprint density at radius 3 is 2.17 bits per heavy atom. The molecule has 0 bridgehead atoms. The highest BCUT2D eigenvalue weighted by molar-refractivity contribution is 7.89. The van der Waals surface area contributed by atoms with Gasteiger partial charge >= 0.3 is 5.97 Å². The minimum atomic E-state index is -3.82. The molecule has 0 saturated carbocycles. The SMILES string of the molecule is O=C(O)CNS(=O)(=O)c1ccc(-c2ccc3ccccc3c2)cc1. The zero-order chi connectivity index (χ0) is 17.2. The van der Waals surface area contributed by atoms with Crippen LogP contribution in [-0.2, 0) is 14.8 Å². The van der Waals surface area contributed by atoms with Crippen molar-refractivity contribution in [3.8, 4) is 11.1 Å². The number of aliphatic carboxylic acids is 1. The van der Waals surface area contributed by atoms with Crippen molar-refractivity contribution in [1.82, 2.24) is 4.72 Å². The first kappa shape index (κ1) is 16.2. The van der Waals surface area contributed by atoms with Gasteiger partial charge in [-0.15, -0.1) is 0 Å². The van der Waals surface area contributed by atoms with Crippen molar-refractivity contribution in [3.63, 3.8) is 0 Å². The van der Waals surface area contributed by atoms with Crippen molar-refractivity contribution in [2.24, 2.45) is 0 Å². The Bertz CT molecular complexity index is 995. The molecule has 0 atom stereocenters. The van der Waals surface area contributed by atoms with Crippen LogP contribution in [0.2, 0.25) is 0 Å². The van der Waals surface area contributed by atoms with E-state index >= 15 is 0 Å². The minimum absolute atomic E-state index is 0.0355. The number of carboxylic acids is 1. The molecule has 0 aliphatic heterocycles. The van der Waals surface area contributed by atoms with Crippen molar-refractivity contribution in [3.05, 3.63) is 66.7 Å². The molecular weight excluding hydrogens is 326 g/mol. The smallest absolute Gasteiger partial charge is 0.318 e. The molecule has 122 valence electrons. The summed E-state index contributed by atoms with van der Waals surface area (Å²) in [5.41, 5.74) is 1.87. The maximum Gasteiger partial charge on any atom is 0.318 e. The number of benzene rings is 3.